The highest BCUT2D eigenvalue weighted by molar-refractivity contribution is 5.97. The Hall–Kier alpha value is -3.09. The number of anilines is 1. The zero-order valence-corrected chi connectivity index (χ0v) is 16.7. The summed E-state index contributed by atoms with van der Waals surface area (Å²) in [7, 11) is 0. The Balaban J connectivity index is 1.28. The van der Waals surface area contributed by atoms with Crippen molar-refractivity contribution in [2.24, 2.45) is 11.8 Å². The zero-order valence-electron chi connectivity index (χ0n) is 16.7. The minimum Gasteiger partial charge on any atom is -0.356 e. The van der Waals surface area contributed by atoms with Gasteiger partial charge in [0.15, 0.2) is 0 Å². The second-order valence-electron chi connectivity index (χ2n) is 8.35. The average Bonchev–Trinajstić information content (AvgIpc) is 3.32. The minimum atomic E-state index is 0.0858. The molecular formula is C22H24N6O. The predicted octanol–water partition coefficient (Wildman–Crippen LogP) is 2.75. The van der Waals surface area contributed by atoms with Gasteiger partial charge < -0.3 is 9.80 Å². The fraction of sp³-hybridized carbons (Fsp3) is 0.409. The van der Waals surface area contributed by atoms with Gasteiger partial charge in [0.25, 0.3) is 5.91 Å². The summed E-state index contributed by atoms with van der Waals surface area (Å²) in [4.78, 5) is 34.8. The number of nitrogens with zero attached hydrogens (tertiary/aromatic N) is 6. The van der Waals surface area contributed by atoms with Crippen molar-refractivity contribution in [2.45, 2.75) is 19.8 Å². The van der Waals surface area contributed by atoms with Gasteiger partial charge in [-0.2, -0.15) is 0 Å². The Morgan fingerprint density at radius 3 is 2.38 bits per heavy atom. The van der Waals surface area contributed by atoms with E-state index in [0.29, 0.717) is 23.3 Å². The quantitative estimate of drug-likeness (QED) is 0.687. The number of aromatic nitrogens is 4. The molecule has 2 saturated heterocycles. The van der Waals surface area contributed by atoms with Crippen LogP contribution in [0.25, 0.3) is 11.0 Å². The molecule has 29 heavy (non-hydrogen) atoms. The van der Waals surface area contributed by atoms with Gasteiger partial charge in [0.2, 0.25) is 0 Å². The number of carbonyl (C=O) groups is 1. The van der Waals surface area contributed by atoms with E-state index in [1.54, 1.807) is 18.7 Å². The smallest absolute Gasteiger partial charge is 0.253 e. The van der Waals surface area contributed by atoms with Gasteiger partial charge in [-0.15, -0.1) is 0 Å². The van der Waals surface area contributed by atoms with Gasteiger partial charge in [-0.3, -0.25) is 14.8 Å². The van der Waals surface area contributed by atoms with Crippen LogP contribution in [0.2, 0.25) is 0 Å². The number of benzene rings is 1. The molecule has 0 radical (unpaired) electrons. The Kier molecular flexibility index (Phi) is 4.38. The summed E-state index contributed by atoms with van der Waals surface area (Å²) in [5, 5.41) is 0. The second-order valence-corrected chi connectivity index (χ2v) is 8.35. The van der Waals surface area contributed by atoms with Crippen LogP contribution in [0.5, 0.6) is 0 Å². The lowest BCUT2D eigenvalue weighted by Crippen LogP contribution is -2.33. The molecule has 2 aliphatic heterocycles. The molecule has 1 amide bonds. The van der Waals surface area contributed by atoms with Crippen molar-refractivity contribution in [1.29, 1.82) is 0 Å². The van der Waals surface area contributed by atoms with Crippen molar-refractivity contribution < 1.29 is 4.79 Å². The number of likely N-dealkylation sites (tertiary alicyclic amines) is 1. The molecule has 0 saturated carbocycles. The second kappa shape index (κ2) is 7.06. The van der Waals surface area contributed by atoms with E-state index < -0.39 is 0 Å². The molecule has 0 aliphatic carbocycles. The van der Waals surface area contributed by atoms with E-state index in [2.05, 4.69) is 44.7 Å². The molecule has 5 rings (SSSR count). The summed E-state index contributed by atoms with van der Waals surface area (Å²) in [6.45, 7) is 7.75. The first-order chi connectivity index (χ1) is 14.1. The Labute approximate surface area is 169 Å². The molecule has 2 aromatic heterocycles. The summed E-state index contributed by atoms with van der Waals surface area (Å²) in [6, 6.07) is 7.67. The standard InChI is InChI=1S/C22H24N6O/c1-14(2)19-8-21(26-13-25-19)27-9-16-11-28(12-17(16)10-27)22(29)15-3-4-18-20(7-15)24-6-5-23-18/h3-8,13-14,16-17H,9-12H2,1-2H3. The number of hydrogen-bond donors (Lipinski definition) is 0. The maximum Gasteiger partial charge on any atom is 0.253 e. The Bertz CT molecular complexity index is 1050. The number of amides is 1. The van der Waals surface area contributed by atoms with E-state index in [-0.39, 0.29) is 5.91 Å². The fourth-order valence-electron chi connectivity index (χ4n) is 4.48. The van der Waals surface area contributed by atoms with E-state index in [1.165, 1.54) is 0 Å². The molecule has 1 aromatic carbocycles. The van der Waals surface area contributed by atoms with Crippen LogP contribution in [-0.2, 0) is 0 Å². The number of rotatable bonds is 3. The van der Waals surface area contributed by atoms with Crippen molar-refractivity contribution in [2.75, 3.05) is 31.1 Å². The Morgan fingerprint density at radius 2 is 1.66 bits per heavy atom. The third kappa shape index (κ3) is 3.30. The van der Waals surface area contributed by atoms with Crippen LogP contribution in [0.15, 0.2) is 43.0 Å². The highest BCUT2D eigenvalue weighted by Crippen LogP contribution is 2.34. The molecule has 2 fully saturated rings. The lowest BCUT2D eigenvalue weighted by molar-refractivity contribution is 0.0782. The van der Waals surface area contributed by atoms with Crippen molar-refractivity contribution in [1.82, 2.24) is 24.8 Å². The van der Waals surface area contributed by atoms with Gasteiger partial charge in [-0.25, -0.2) is 9.97 Å². The maximum absolute atomic E-state index is 13.0. The topological polar surface area (TPSA) is 75.1 Å². The minimum absolute atomic E-state index is 0.0858. The average molecular weight is 388 g/mol. The van der Waals surface area contributed by atoms with E-state index >= 15 is 0 Å². The van der Waals surface area contributed by atoms with Gasteiger partial charge in [0.1, 0.15) is 12.1 Å². The van der Waals surface area contributed by atoms with Crippen molar-refractivity contribution >= 4 is 22.8 Å². The molecule has 3 aromatic rings. The third-order valence-electron chi connectivity index (χ3n) is 6.08. The molecule has 7 heteroatoms. The molecule has 2 aliphatic rings. The summed E-state index contributed by atoms with van der Waals surface area (Å²) >= 11 is 0. The number of carbonyl (C=O) groups excluding carboxylic acids is 1. The SMILES string of the molecule is CC(C)c1cc(N2CC3CN(C(=O)c4ccc5nccnc5c4)CC3C2)ncn1. The molecular weight excluding hydrogens is 364 g/mol. The molecule has 2 unspecified atom stereocenters. The first-order valence-corrected chi connectivity index (χ1v) is 10.2. The van der Waals surface area contributed by atoms with Crippen LogP contribution in [0.4, 0.5) is 5.82 Å². The molecule has 2 atom stereocenters. The molecule has 148 valence electrons. The summed E-state index contributed by atoms with van der Waals surface area (Å²) in [5.41, 5.74) is 3.33. The van der Waals surface area contributed by atoms with E-state index in [4.69, 9.17) is 0 Å². The first kappa shape index (κ1) is 18.0. The third-order valence-corrected chi connectivity index (χ3v) is 6.08. The fourth-order valence-corrected chi connectivity index (χ4v) is 4.48. The van der Waals surface area contributed by atoms with Crippen LogP contribution in [0.3, 0.4) is 0 Å². The summed E-state index contributed by atoms with van der Waals surface area (Å²) in [5.74, 6) is 2.44. The Morgan fingerprint density at radius 1 is 0.931 bits per heavy atom. The van der Waals surface area contributed by atoms with Crippen molar-refractivity contribution in [3.05, 3.63) is 54.2 Å². The van der Waals surface area contributed by atoms with E-state index in [0.717, 1.165) is 48.7 Å². The molecule has 0 N–H and O–H groups in total. The first-order valence-electron chi connectivity index (χ1n) is 10.2. The summed E-state index contributed by atoms with van der Waals surface area (Å²) < 4.78 is 0. The molecule has 4 heterocycles. The van der Waals surface area contributed by atoms with Crippen LogP contribution in [-0.4, -0.2) is 56.9 Å². The lowest BCUT2D eigenvalue weighted by atomic mass is 10.0. The largest absolute Gasteiger partial charge is 0.356 e. The van der Waals surface area contributed by atoms with Gasteiger partial charge in [0, 0.05) is 67.7 Å². The van der Waals surface area contributed by atoms with Crippen LogP contribution >= 0.6 is 0 Å². The van der Waals surface area contributed by atoms with Crippen LogP contribution in [0.1, 0.15) is 35.8 Å². The molecule has 0 spiro atoms. The lowest BCUT2D eigenvalue weighted by Gasteiger charge is -2.23. The normalized spacial score (nSPS) is 21.2. The monoisotopic (exact) mass is 388 g/mol. The van der Waals surface area contributed by atoms with Gasteiger partial charge >= 0.3 is 0 Å². The van der Waals surface area contributed by atoms with Crippen LogP contribution in [0, 0.1) is 11.8 Å². The number of hydrogen-bond acceptors (Lipinski definition) is 6. The van der Waals surface area contributed by atoms with E-state index in [9.17, 15) is 4.79 Å². The maximum atomic E-state index is 13.0. The van der Waals surface area contributed by atoms with Gasteiger partial charge in [-0.1, -0.05) is 13.8 Å². The van der Waals surface area contributed by atoms with Gasteiger partial charge in [-0.05, 0) is 24.1 Å². The highest BCUT2D eigenvalue weighted by atomic mass is 16.2. The van der Waals surface area contributed by atoms with Crippen molar-refractivity contribution in [3.63, 3.8) is 0 Å². The molecule has 0 bridgehead atoms. The predicted molar refractivity (Wildman–Crippen MR) is 111 cm³/mol. The summed E-state index contributed by atoms with van der Waals surface area (Å²) in [6.07, 6.45) is 4.99. The molecule has 7 nitrogen and oxygen atoms in total. The van der Waals surface area contributed by atoms with Gasteiger partial charge in [0.05, 0.1) is 11.0 Å². The van der Waals surface area contributed by atoms with E-state index in [1.807, 2.05) is 23.1 Å². The van der Waals surface area contributed by atoms with Crippen LogP contribution < -0.4 is 4.90 Å². The zero-order chi connectivity index (χ0) is 20.0. The highest BCUT2D eigenvalue weighted by Gasteiger charge is 2.42. The van der Waals surface area contributed by atoms with Crippen molar-refractivity contribution in [3.8, 4) is 0 Å². The number of fused-ring (bicyclic) bond motifs is 2.